The third-order valence-corrected chi connectivity index (χ3v) is 4.65. The van der Waals surface area contributed by atoms with E-state index in [0.29, 0.717) is 32.0 Å². The van der Waals surface area contributed by atoms with Crippen LogP contribution in [-0.2, 0) is 11.2 Å². The number of hydrogen-bond donors (Lipinski definition) is 3. The van der Waals surface area contributed by atoms with Crippen molar-refractivity contribution in [1.29, 1.82) is 0 Å². The molecular weight excluding hydrogens is 280 g/mol. The zero-order chi connectivity index (χ0) is 15.6. The number of rotatable bonds is 5. The molecule has 120 valence electrons. The van der Waals surface area contributed by atoms with Gasteiger partial charge in [0, 0.05) is 25.7 Å². The van der Waals surface area contributed by atoms with Crippen LogP contribution in [0.25, 0.3) is 0 Å². The van der Waals surface area contributed by atoms with Crippen molar-refractivity contribution in [1.82, 2.24) is 10.2 Å². The summed E-state index contributed by atoms with van der Waals surface area (Å²) in [7, 11) is 0. The Morgan fingerprint density at radius 1 is 1.32 bits per heavy atom. The van der Waals surface area contributed by atoms with Crippen molar-refractivity contribution >= 4 is 5.91 Å². The predicted molar refractivity (Wildman–Crippen MR) is 83.3 cm³/mol. The number of hydrogen-bond acceptors (Lipinski definition) is 4. The minimum Gasteiger partial charge on any atom is -0.388 e. The second kappa shape index (κ2) is 6.36. The number of nitrogens with one attached hydrogen (secondary N) is 1. The van der Waals surface area contributed by atoms with E-state index in [1.165, 1.54) is 0 Å². The molecule has 2 aliphatic rings. The molecule has 1 heterocycles. The minimum atomic E-state index is -1.12. The fraction of sp³-hybridized carbons (Fsp3) is 0.588. The third kappa shape index (κ3) is 3.66. The zero-order valence-corrected chi connectivity index (χ0v) is 12.7. The highest BCUT2D eigenvalue weighted by atomic mass is 16.3. The van der Waals surface area contributed by atoms with E-state index in [1.54, 1.807) is 4.90 Å². The maximum absolute atomic E-state index is 12.3. The van der Waals surface area contributed by atoms with Gasteiger partial charge in [-0.25, -0.2) is 0 Å². The normalized spacial score (nSPS) is 28.6. The lowest BCUT2D eigenvalue weighted by atomic mass is 9.88. The van der Waals surface area contributed by atoms with Crippen LogP contribution in [0.1, 0.15) is 24.8 Å². The lowest BCUT2D eigenvalue weighted by Gasteiger charge is -2.42. The molecule has 3 N–H and O–H groups in total. The van der Waals surface area contributed by atoms with E-state index in [2.05, 4.69) is 5.32 Å². The van der Waals surface area contributed by atoms with Crippen LogP contribution in [0.4, 0.5) is 0 Å². The van der Waals surface area contributed by atoms with Gasteiger partial charge in [-0.05, 0) is 24.8 Å². The second-order valence-electron chi connectivity index (χ2n) is 6.53. The highest BCUT2D eigenvalue weighted by Crippen LogP contribution is 2.25. The number of piperidine rings is 1. The molecule has 5 heteroatoms. The molecule has 0 aromatic heterocycles. The molecule has 1 amide bonds. The number of aliphatic hydroxyl groups is 2. The predicted octanol–water partition coefficient (Wildman–Crippen LogP) is 0.305. The summed E-state index contributed by atoms with van der Waals surface area (Å²) in [6.07, 6.45) is 2.15. The number of likely N-dealkylation sites (tertiary alicyclic amines) is 1. The maximum atomic E-state index is 12.3. The Morgan fingerprint density at radius 2 is 2.05 bits per heavy atom. The maximum Gasteiger partial charge on any atom is 0.227 e. The fourth-order valence-electron chi connectivity index (χ4n) is 2.89. The van der Waals surface area contributed by atoms with Gasteiger partial charge in [0.05, 0.1) is 6.42 Å². The van der Waals surface area contributed by atoms with Crippen LogP contribution >= 0.6 is 0 Å². The molecule has 1 aliphatic carbocycles. The first-order valence-corrected chi connectivity index (χ1v) is 8.02. The highest BCUT2D eigenvalue weighted by molar-refractivity contribution is 5.79. The van der Waals surface area contributed by atoms with Gasteiger partial charge >= 0.3 is 0 Å². The Labute approximate surface area is 130 Å². The van der Waals surface area contributed by atoms with Crippen molar-refractivity contribution in [3.05, 3.63) is 35.9 Å². The van der Waals surface area contributed by atoms with Gasteiger partial charge in [-0.3, -0.25) is 4.79 Å². The lowest BCUT2D eigenvalue weighted by molar-refractivity contribution is -0.148. The SMILES string of the molecule is O=C(Cc1ccccc1)N1CC[C@](O)(CNC2CC2)[C@@H](O)C1. The quantitative estimate of drug-likeness (QED) is 0.732. The van der Waals surface area contributed by atoms with Gasteiger partial charge in [0.2, 0.25) is 5.91 Å². The number of benzene rings is 1. The van der Waals surface area contributed by atoms with Crippen molar-refractivity contribution < 1.29 is 15.0 Å². The Kier molecular flexibility index (Phi) is 4.47. The summed E-state index contributed by atoms with van der Waals surface area (Å²) in [4.78, 5) is 14.0. The average molecular weight is 304 g/mol. The average Bonchev–Trinajstić information content (AvgIpc) is 3.33. The number of amides is 1. The van der Waals surface area contributed by atoms with Gasteiger partial charge in [-0.2, -0.15) is 0 Å². The van der Waals surface area contributed by atoms with Gasteiger partial charge in [-0.1, -0.05) is 30.3 Å². The number of β-amino-alcohol motifs (C(OH)–C–C–N with tert-alkyl or cyclic N) is 1. The summed E-state index contributed by atoms with van der Waals surface area (Å²) < 4.78 is 0. The first kappa shape index (κ1) is 15.5. The van der Waals surface area contributed by atoms with Gasteiger partial charge in [0.25, 0.3) is 0 Å². The molecule has 2 fully saturated rings. The van der Waals surface area contributed by atoms with Crippen molar-refractivity contribution in [2.45, 2.75) is 43.4 Å². The van der Waals surface area contributed by atoms with Crippen LogP contribution in [0, 0.1) is 0 Å². The zero-order valence-electron chi connectivity index (χ0n) is 12.7. The second-order valence-corrected chi connectivity index (χ2v) is 6.53. The molecule has 0 unspecified atom stereocenters. The Bertz CT molecular complexity index is 518. The first-order chi connectivity index (χ1) is 10.6. The standard InChI is InChI=1S/C17H24N2O3/c20-15-11-19(16(21)10-13-4-2-1-3-5-13)9-8-17(15,22)12-18-14-6-7-14/h1-5,14-15,18,20,22H,6-12H2/t15-,17-/m0/s1. The van der Waals surface area contributed by atoms with Crippen LogP contribution < -0.4 is 5.32 Å². The van der Waals surface area contributed by atoms with Crippen LogP contribution in [0.5, 0.6) is 0 Å². The molecule has 0 radical (unpaired) electrons. The van der Waals surface area contributed by atoms with Crippen molar-refractivity contribution in [2.75, 3.05) is 19.6 Å². The molecule has 2 atom stereocenters. The molecule has 1 aromatic carbocycles. The third-order valence-electron chi connectivity index (χ3n) is 4.65. The summed E-state index contributed by atoms with van der Waals surface area (Å²) in [6.45, 7) is 1.10. The molecular formula is C17H24N2O3. The van der Waals surface area contributed by atoms with E-state index in [-0.39, 0.29) is 12.5 Å². The van der Waals surface area contributed by atoms with Gasteiger partial charge in [0.15, 0.2) is 0 Å². The molecule has 22 heavy (non-hydrogen) atoms. The van der Waals surface area contributed by atoms with Crippen LogP contribution in [0.15, 0.2) is 30.3 Å². The van der Waals surface area contributed by atoms with Crippen LogP contribution in [0.3, 0.4) is 0 Å². The molecule has 1 saturated carbocycles. The van der Waals surface area contributed by atoms with Gasteiger partial charge in [0.1, 0.15) is 11.7 Å². The summed E-state index contributed by atoms with van der Waals surface area (Å²) in [5.41, 5.74) is -0.148. The van der Waals surface area contributed by atoms with Gasteiger partial charge in [-0.15, -0.1) is 0 Å². The van der Waals surface area contributed by atoms with Crippen LogP contribution in [0.2, 0.25) is 0 Å². The van der Waals surface area contributed by atoms with Crippen LogP contribution in [-0.4, -0.2) is 58.4 Å². The first-order valence-electron chi connectivity index (χ1n) is 8.02. The Hall–Kier alpha value is -1.43. The summed E-state index contributed by atoms with van der Waals surface area (Å²) in [5, 5.41) is 24.1. The molecule has 1 aliphatic heterocycles. The molecule has 0 bridgehead atoms. The van der Waals surface area contributed by atoms with E-state index in [1.807, 2.05) is 30.3 Å². The van der Waals surface area contributed by atoms with E-state index in [4.69, 9.17) is 0 Å². The molecule has 1 aromatic rings. The summed E-state index contributed by atoms with van der Waals surface area (Å²) in [5.74, 6) is 0.00227. The van der Waals surface area contributed by atoms with E-state index in [0.717, 1.165) is 18.4 Å². The number of aliphatic hydroxyl groups excluding tert-OH is 1. The molecule has 5 nitrogen and oxygen atoms in total. The summed E-state index contributed by atoms with van der Waals surface area (Å²) >= 11 is 0. The number of nitrogens with zero attached hydrogens (tertiary/aromatic N) is 1. The largest absolute Gasteiger partial charge is 0.388 e. The van der Waals surface area contributed by atoms with E-state index < -0.39 is 11.7 Å². The topological polar surface area (TPSA) is 72.8 Å². The number of carbonyl (C=O) groups excluding carboxylic acids is 1. The smallest absolute Gasteiger partial charge is 0.227 e. The lowest BCUT2D eigenvalue weighted by Crippen LogP contribution is -2.61. The van der Waals surface area contributed by atoms with Crippen molar-refractivity contribution in [3.63, 3.8) is 0 Å². The minimum absolute atomic E-state index is 0.00227. The monoisotopic (exact) mass is 304 g/mol. The number of carbonyl (C=O) groups is 1. The highest BCUT2D eigenvalue weighted by Gasteiger charge is 2.42. The molecule has 0 spiro atoms. The van der Waals surface area contributed by atoms with E-state index in [9.17, 15) is 15.0 Å². The Morgan fingerprint density at radius 3 is 2.68 bits per heavy atom. The summed E-state index contributed by atoms with van der Waals surface area (Å²) in [6, 6.07) is 10.1. The molecule has 3 rings (SSSR count). The molecule has 1 saturated heterocycles. The van der Waals surface area contributed by atoms with E-state index >= 15 is 0 Å². The van der Waals surface area contributed by atoms with Crippen molar-refractivity contribution in [2.24, 2.45) is 0 Å². The van der Waals surface area contributed by atoms with Crippen molar-refractivity contribution in [3.8, 4) is 0 Å². The fourth-order valence-corrected chi connectivity index (χ4v) is 2.89. The van der Waals surface area contributed by atoms with Gasteiger partial charge < -0.3 is 20.4 Å². The Balaban J connectivity index is 1.53.